The third-order valence-electron chi connectivity index (χ3n) is 3.12. The van der Waals surface area contributed by atoms with E-state index in [1.165, 1.54) is 0 Å². The molecular weight excluding hydrogens is 200 g/mol. The van der Waals surface area contributed by atoms with Gasteiger partial charge in [-0.15, -0.1) is 0 Å². The number of benzene rings is 1. The van der Waals surface area contributed by atoms with Gasteiger partial charge in [-0.3, -0.25) is 4.79 Å². The van der Waals surface area contributed by atoms with Crippen LogP contribution in [0, 0.1) is 0 Å². The molecule has 2 unspecified atom stereocenters. The highest BCUT2D eigenvalue weighted by atomic mass is 16.5. The van der Waals surface area contributed by atoms with Gasteiger partial charge in [0.1, 0.15) is 11.9 Å². The summed E-state index contributed by atoms with van der Waals surface area (Å²) in [5, 5.41) is 0. The van der Waals surface area contributed by atoms with E-state index in [4.69, 9.17) is 4.74 Å². The van der Waals surface area contributed by atoms with Crippen molar-refractivity contribution in [3.05, 3.63) is 53.6 Å². The Hall–Kier alpha value is -1.83. The molecule has 0 bridgehead atoms. The first-order chi connectivity index (χ1) is 7.75. The van der Waals surface area contributed by atoms with Crippen molar-refractivity contribution in [1.82, 2.24) is 0 Å². The summed E-state index contributed by atoms with van der Waals surface area (Å²) in [5.74, 6) is 1.26. The van der Waals surface area contributed by atoms with Gasteiger partial charge in [0.05, 0.1) is 0 Å². The number of rotatable bonds is 1. The van der Waals surface area contributed by atoms with E-state index in [2.05, 4.69) is 12.2 Å². The molecule has 80 valence electrons. The molecule has 0 amide bonds. The minimum absolute atomic E-state index is 0.0987. The van der Waals surface area contributed by atoms with Crippen molar-refractivity contribution in [1.29, 1.82) is 0 Å². The van der Waals surface area contributed by atoms with E-state index in [0.717, 1.165) is 16.9 Å². The fraction of sp³-hybridized carbons (Fsp3) is 0.214. The van der Waals surface area contributed by atoms with Crippen molar-refractivity contribution >= 4 is 5.78 Å². The molecule has 0 radical (unpaired) electrons. The van der Waals surface area contributed by atoms with E-state index in [1.54, 1.807) is 6.92 Å². The second-order valence-electron chi connectivity index (χ2n) is 4.19. The van der Waals surface area contributed by atoms with Gasteiger partial charge in [-0.25, -0.2) is 0 Å². The van der Waals surface area contributed by atoms with Crippen LogP contribution in [0.4, 0.5) is 0 Å². The first-order valence-electron chi connectivity index (χ1n) is 5.42. The summed E-state index contributed by atoms with van der Waals surface area (Å²) in [7, 11) is 0. The Kier molecular flexibility index (Phi) is 1.96. The number of ether oxygens (including phenoxy) is 1. The van der Waals surface area contributed by atoms with Gasteiger partial charge < -0.3 is 4.74 Å². The average molecular weight is 212 g/mol. The fourth-order valence-corrected chi connectivity index (χ4v) is 2.26. The number of carbonyl (C=O) groups excluding carboxylic acids is 1. The maximum atomic E-state index is 11.3. The van der Waals surface area contributed by atoms with E-state index >= 15 is 0 Å². The lowest BCUT2D eigenvalue weighted by atomic mass is 9.91. The highest BCUT2D eigenvalue weighted by molar-refractivity contribution is 5.94. The van der Waals surface area contributed by atoms with Crippen LogP contribution in [0.2, 0.25) is 0 Å². The van der Waals surface area contributed by atoms with Crippen LogP contribution < -0.4 is 4.74 Å². The monoisotopic (exact) mass is 212 g/mol. The molecule has 1 aromatic rings. The number of hydrogen-bond acceptors (Lipinski definition) is 2. The van der Waals surface area contributed by atoms with Crippen molar-refractivity contribution in [2.45, 2.75) is 18.9 Å². The normalized spacial score (nSPS) is 24.8. The molecule has 1 heterocycles. The van der Waals surface area contributed by atoms with Gasteiger partial charge in [-0.05, 0) is 31.2 Å². The molecule has 0 N–H and O–H groups in total. The Morgan fingerprint density at radius 3 is 2.88 bits per heavy atom. The largest absolute Gasteiger partial charge is 0.485 e. The molecule has 0 aromatic heterocycles. The molecule has 0 fully saturated rings. The Balaban J connectivity index is 2.08. The fourth-order valence-electron chi connectivity index (χ4n) is 2.26. The molecule has 1 aliphatic heterocycles. The number of allylic oxidation sites excluding steroid dienone is 2. The summed E-state index contributed by atoms with van der Waals surface area (Å²) in [6, 6.07) is 5.67. The van der Waals surface area contributed by atoms with E-state index < -0.39 is 0 Å². The molecule has 2 heteroatoms. The van der Waals surface area contributed by atoms with Crippen molar-refractivity contribution in [2.75, 3.05) is 0 Å². The van der Waals surface area contributed by atoms with E-state index in [1.807, 2.05) is 30.4 Å². The predicted molar refractivity (Wildman–Crippen MR) is 61.9 cm³/mol. The molecule has 2 atom stereocenters. The number of carbonyl (C=O) groups is 1. The topological polar surface area (TPSA) is 26.3 Å². The number of Topliss-reactive ketones (excluding diaryl/α,β-unsaturated/α-hetero) is 1. The standard InChI is InChI=1S/C14H12O2/c1-9(15)10-6-7-14-12(8-10)11-4-2-3-5-13(11)16-14/h2-8,11,13H,1H3. The van der Waals surface area contributed by atoms with Crippen LogP contribution in [0.3, 0.4) is 0 Å². The molecule has 3 rings (SSSR count). The summed E-state index contributed by atoms with van der Waals surface area (Å²) in [5.41, 5.74) is 1.88. The third kappa shape index (κ3) is 1.30. The lowest BCUT2D eigenvalue weighted by Crippen LogP contribution is -2.15. The zero-order valence-corrected chi connectivity index (χ0v) is 9.01. The third-order valence-corrected chi connectivity index (χ3v) is 3.12. The minimum Gasteiger partial charge on any atom is -0.485 e. The second-order valence-corrected chi connectivity index (χ2v) is 4.19. The van der Waals surface area contributed by atoms with Crippen molar-refractivity contribution < 1.29 is 9.53 Å². The SMILES string of the molecule is CC(=O)c1ccc2c(c1)C1C=CC=CC1O2. The van der Waals surface area contributed by atoms with Crippen LogP contribution in [0.15, 0.2) is 42.5 Å². The molecule has 0 saturated carbocycles. The van der Waals surface area contributed by atoms with Gasteiger partial charge in [0, 0.05) is 17.0 Å². The number of ketones is 1. The van der Waals surface area contributed by atoms with Crippen LogP contribution in [0.1, 0.15) is 28.8 Å². The summed E-state index contributed by atoms with van der Waals surface area (Å²) in [6.07, 6.45) is 8.31. The average Bonchev–Trinajstić information content (AvgIpc) is 2.66. The van der Waals surface area contributed by atoms with Gasteiger partial charge in [0.2, 0.25) is 0 Å². The molecule has 1 aliphatic carbocycles. The van der Waals surface area contributed by atoms with E-state index in [-0.39, 0.29) is 17.8 Å². The number of fused-ring (bicyclic) bond motifs is 3. The molecule has 0 saturated heterocycles. The number of hydrogen-bond donors (Lipinski definition) is 0. The molecular formula is C14H12O2. The van der Waals surface area contributed by atoms with Crippen molar-refractivity contribution in [3.63, 3.8) is 0 Å². The van der Waals surface area contributed by atoms with Gasteiger partial charge in [0.25, 0.3) is 0 Å². The summed E-state index contributed by atoms with van der Waals surface area (Å²) in [4.78, 5) is 11.3. The summed E-state index contributed by atoms with van der Waals surface area (Å²) < 4.78 is 5.80. The van der Waals surface area contributed by atoms with Crippen LogP contribution in [0.25, 0.3) is 0 Å². The first-order valence-corrected chi connectivity index (χ1v) is 5.42. The van der Waals surface area contributed by atoms with E-state index in [9.17, 15) is 4.79 Å². The van der Waals surface area contributed by atoms with Crippen LogP contribution in [-0.4, -0.2) is 11.9 Å². The predicted octanol–water partition coefficient (Wildman–Crippen LogP) is 2.86. The maximum Gasteiger partial charge on any atom is 0.159 e. The molecule has 2 aliphatic rings. The quantitative estimate of drug-likeness (QED) is 0.669. The molecule has 1 aromatic carbocycles. The lowest BCUT2D eigenvalue weighted by Gasteiger charge is -2.14. The smallest absolute Gasteiger partial charge is 0.159 e. The minimum atomic E-state index is 0.0987. The van der Waals surface area contributed by atoms with Gasteiger partial charge in [-0.1, -0.05) is 18.2 Å². The summed E-state index contributed by atoms with van der Waals surface area (Å²) in [6.45, 7) is 1.59. The summed E-state index contributed by atoms with van der Waals surface area (Å²) >= 11 is 0. The van der Waals surface area contributed by atoms with Crippen LogP contribution in [-0.2, 0) is 0 Å². The first kappa shape index (κ1) is 9.40. The lowest BCUT2D eigenvalue weighted by molar-refractivity contribution is 0.101. The van der Waals surface area contributed by atoms with Crippen molar-refractivity contribution in [3.8, 4) is 5.75 Å². The Labute approximate surface area is 94.2 Å². The Morgan fingerprint density at radius 2 is 2.06 bits per heavy atom. The van der Waals surface area contributed by atoms with Crippen LogP contribution in [0.5, 0.6) is 5.75 Å². The van der Waals surface area contributed by atoms with Gasteiger partial charge in [0.15, 0.2) is 5.78 Å². The second kappa shape index (κ2) is 3.34. The molecule has 2 nitrogen and oxygen atoms in total. The highest BCUT2D eigenvalue weighted by Gasteiger charge is 2.32. The van der Waals surface area contributed by atoms with Crippen molar-refractivity contribution in [2.24, 2.45) is 0 Å². The van der Waals surface area contributed by atoms with Crippen LogP contribution >= 0.6 is 0 Å². The maximum absolute atomic E-state index is 11.3. The highest BCUT2D eigenvalue weighted by Crippen LogP contribution is 2.41. The Morgan fingerprint density at radius 1 is 1.25 bits per heavy atom. The molecule has 16 heavy (non-hydrogen) atoms. The van der Waals surface area contributed by atoms with E-state index in [0.29, 0.717) is 0 Å². The molecule has 0 spiro atoms. The Bertz CT molecular complexity index is 511. The van der Waals surface area contributed by atoms with Gasteiger partial charge in [-0.2, -0.15) is 0 Å². The zero-order chi connectivity index (χ0) is 11.1. The zero-order valence-electron chi connectivity index (χ0n) is 9.01. The van der Waals surface area contributed by atoms with Gasteiger partial charge >= 0.3 is 0 Å².